The van der Waals surface area contributed by atoms with Crippen molar-refractivity contribution in [2.24, 2.45) is 5.16 Å². The third-order valence-electron chi connectivity index (χ3n) is 2.16. The number of benzene rings is 1. The van der Waals surface area contributed by atoms with Crippen molar-refractivity contribution >= 4 is 18.3 Å². The lowest BCUT2D eigenvalue weighted by molar-refractivity contribution is 0.0298. The first kappa shape index (κ1) is 9.34. The van der Waals surface area contributed by atoms with Crippen molar-refractivity contribution in [1.82, 2.24) is 0 Å². The van der Waals surface area contributed by atoms with Gasteiger partial charge in [-0.05, 0) is 18.2 Å². The largest absolute Gasteiger partial charge is 0.493 e. The van der Waals surface area contributed by atoms with E-state index < -0.39 is 0 Å². The summed E-state index contributed by atoms with van der Waals surface area (Å²) in [6, 6.07) is 5.48. The van der Waals surface area contributed by atoms with Crippen LogP contribution in [0.15, 0.2) is 23.4 Å². The summed E-state index contributed by atoms with van der Waals surface area (Å²) < 4.78 is 5.45. The van der Waals surface area contributed by atoms with E-state index in [0.29, 0.717) is 11.6 Å². The number of fused-ring (bicyclic) bond motifs is 1. The van der Waals surface area contributed by atoms with E-state index in [0.717, 1.165) is 17.7 Å². The molecular formula is C10H10ClNO2. The number of oxime groups is 1. The van der Waals surface area contributed by atoms with E-state index in [-0.39, 0.29) is 6.10 Å². The molecule has 0 N–H and O–H groups in total. The minimum absolute atomic E-state index is 0.0880. The summed E-state index contributed by atoms with van der Waals surface area (Å²) in [5.74, 6) is 0.814. The summed E-state index contributed by atoms with van der Waals surface area (Å²) in [5, 5.41) is 4.11. The van der Waals surface area contributed by atoms with Crippen molar-refractivity contribution in [1.29, 1.82) is 0 Å². The summed E-state index contributed by atoms with van der Waals surface area (Å²) in [4.78, 5) is 5.14. The van der Waals surface area contributed by atoms with Crippen LogP contribution in [0.4, 0.5) is 0 Å². The smallest absolute Gasteiger partial charge is 0.159 e. The maximum atomic E-state index is 5.88. The first-order chi connectivity index (χ1) is 6.81. The molecule has 74 valence electrons. The molecule has 1 unspecified atom stereocenters. The van der Waals surface area contributed by atoms with Gasteiger partial charge in [0.15, 0.2) is 6.10 Å². The van der Waals surface area contributed by atoms with Gasteiger partial charge in [0.25, 0.3) is 0 Å². The van der Waals surface area contributed by atoms with E-state index in [4.69, 9.17) is 21.2 Å². The summed E-state index contributed by atoms with van der Waals surface area (Å²) >= 11 is 5.88. The Bertz CT molecular complexity index is 354. The molecule has 1 aromatic rings. The first-order valence-electron chi connectivity index (χ1n) is 4.35. The van der Waals surface area contributed by atoms with Crippen LogP contribution in [0, 0.1) is 0 Å². The topological polar surface area (TPSA) is 30.8 Å². The monoisotopic (exact) mass is 211 g/mol. The highest BCUT2D eigenvalue weighted by Gasteiger charge is 2.23. The maximum Gasteiger partial charge on any atom is 0.159 e. The Hall–Kier alpha value is -1.22. The Balaban J connectivity index is 2.36. The minimum atomic E-state index is -0.0880. The SMILES string of the molecule is C=NOC1CCOc2ccc(Cl)cc21. The van der Waals surface area contributed by atoms with Gasteiger partial charge in [0.05, 0.1) is 6.61 Å². The Morgan fingerprint density at radius 2 is 2.43 bits per heavy atom. The number of hydrogen-bond acceptors (Lipinski definition) is 3. The molecule has 0 fully saturated rings. The number of ether oxygens (including phenoxy) is 1. The lowest BCUT2D eigenvalue weighted by Gasteiger charge is -2.23. The Labute approximate surface area is 87.3 Å². The van der Waals surface area contributed by atoms with Crippen LogP contribution < -0.4 is 4.74 Å². The molecule has 3 nitrogen and oxygen atoms in total. The highest BCUT2D eigenvalue weighted by Crippen LogP contribution is 2.36. The quantitative estimate of drug-likeness (QED) is 0.556. The zero-order valence-electron chi connectivity index (χ0n) is 7.57. The molecule has 4 heteroatoms. The molecule has 0 aliphatic carbocycles. The van der Waals surface area contributed by atoms with E-state index in [1.54, 1.807) is 6.07 Å². The fraction of sp³-hybridized carbons (Fsp3) is 0.300. The van der Waals surface area contributed by atoms with Crippen LogP contribution in [0.2, 0.25) is 5.02 Å². The molecule has 2 rings (SSSR count). The number of halogens is 1. The van der Waals surface area contributed by atoms with Gasteiger partial charge < -0.3 is 9.57 Å². The van der Waals surface area contributed by atoms with Gasteiger partial charge in [-0.15, -0.1) is 5.16 Å². The summed E-state index contributed by atoms with van der Waals surface area (Å²) in [6.45, 7) is 3.94. The van der Waals surface area contributed by atoms with E-state index in [9.17, 15) is 0 Å². The molecule has 0 aromatic heterocycles. The van der Waals surface area contributed by atoms with Gasteiger partial charge in [-0.25, -0.2) is 0 Å². The summed E-state index contributed by atoms with van der Waals surface area (Å²) in [6.07, 6.45) is 0.682. The molecule has 0 amide bonds. The summed E-state index contributed by atoms with van der Waals surface area (Å²) in [5.41, 5.74) is 0.941. The average Bonchev–Trinajstić information content (AvgIpc) is 2.19. The van der Waals surface area contributed by atoms with Crippen molar-refractivity contribution < 1.29 is 9.57 Å². The Morgan fingerprint density at radius 1 is 1.57 bits per heavy atom. The van der Waals surface area contributed by atoms with Gasteiger partial charge >= 0.3 is 0 Å². The van der Waals surface area contributed by atoms with Crippen LogP contribution in [0.5, 0.6) is 5.75 Å². The van der Waals surface area contributed by atoms with Gasteiger partial charge in [-0.2, -0.15) is 0 Å². The van der Waals surface area contributed by atoms with Gasteiger partial charge in [0.1, 0.15) is 5.75 Å². The molecule has 0 spiro atoms. The molecule has 0 saturated carbocycles. The standard InChI is InChI=1S/C10H10ClNO2/c1-12-14-10-4-5-13-9-3-2-7(11)6-8(9)10/h2-3,6,10H,1,4-5H2. The van der Waals surface area contributed by atoms with Crippen LogP contribution in [-0.2, 0) is 4.84 Å². The normalized spacial score (nSPS) is 19.4. The first-order valence-corrected chi connectivity index (χ1v) is 4.73. The molecule has 1 heterocycles. The minimum Gasteiger partial charge on any atom is -0.493 e. The van der Waals surface area contributed by atoms with Gasteiger partial charge in [-0.3, -0.25) is 0 Å². The van der Waals surface area contributed by atoms with E-state index in [1.165, 1.54) is 0 Å². The highest BCUT2D eigenvalue weighted by molar-refractivity contribution is 6.30. The molecule has 14 heavy (non-hydrogen) atoms. The second-order valence-electron chi connectivity index (χ2n) is 3.04. The molecule has 1 aromatic carbocycles. The predicted octanol–water partition coefficient (Wildman–Crippen LogP) is 2.80. The van der Waals surface area contributed by atoms with Crippen molar-refractivity contribution in [3.05, 3.63) is 28.8 Å². The predicted molar refractivity (Wildman–Crippen MR) is 54.9 cm³/mol. The molecule has 1 aliphatic rings. The van der Waals surface area contributed by atoms with Crippen LogP contribution in [0.3, 0.4) is 0 Å². The van der Waals surface area contributed by atoms with Crippen LogP contribution in [0.1, 0.15) is 18.1 Å². The zero-order valence-corrected chi connectivity index (χ0v) is 8.33. The molecule has 0 bridgehead atoms. The van der Waals surface area contributed by atoms with Crippen LogP contribution in [-0.4, -0.2) is 13.3 Å². The average molecular weight is 212 g/mol. The van der Waals surface area contributed by atoms with Gasteiger partial charge in [0, 0.05) is 23.7 Å². The van der Waals surface area contributed by atoms with E-state index >= 15 is 0 Å². The fourth-order valence-electron chi connectivity index (χ4n) is 1.53. The number of nitrogens with zero attached hydrogens (tertiary/aromatic N) is 1. The lowest BCUT2D eigenvalue weighted by atomic mass is 10.0. The number of hydrogen-bond donors (Lipinski definition) is 0. The number of rotatable bonds is 2. The van der Waals surface area contributed by atoms with Crippen molar-refractivity contribution in [2.45, 2.75) is 12.5 Å². The third kappa shape index (κ3) is 1.68. The zero-order chi connectivity index (χ0) is 9.97. The molecule has 1 atom stereocenters. The van der Waals surface area contributed by atoms with Crippen LogP contribution in [0.25, 0.3) is 0 Å². The van der Waals surface area contributed by atoms with Crippen LogP contribution >= 0.6 is 11.6 Å². The van der Waals surface area contributed by atoms with Crippen molar-refractivity contribution in [2.75, 3.05) is 6.61 Å². The highest BCUT2D eigenvalue weighted by atomic mass is 35.5. The summed E-state index contributed by atoms with van der Waals surface area (Å²) in [7, 11) is 0. The molecule has 1 aliphatic heterocycles. The third-order valence-corrected chi connectivity index (χ3v) is 2.39. The van der Waals surface area contributed by atoms with E-state index in [2.05, 4.69) is 11.9 Å². The maximum absolute atomic E-state index is 5.88. The Kier molecular flexibility index (Phi) is 2.59. The van der Waals surface area contributed by atoms with Crippen molar-refractivity contribution in [3.8, 4) is 5.75 Å². The molecule has 0 saturated heterocycles. The second kappa shape index (κ2) is 3.88. The van der Waals surface area contributed by atoms with Gasteiger partial charge in [0.2, 0.25) is 0 Å². The molecular weight excluding hydrogens is 202 g/mol. The van der Waals surface area contributed by atoms with Gasteiger partial charge in [-0.1, -0.05) is 11.6 Å². The lowest BCUT2D eigenvalue weighted by Crippen LogP contribution is -2.15. The van der Waals surface area contributed by atoms with E-state index in [1.807, 2.05) is 12.1 Å². The Morgan fingerprint density at radius 3 is 3.21 bits per heavy atom. The second-order valence-corrected chi connectivity index (χ2v) is 3.48. The fourth-order valence-corrected chi connectivity index (χ4v) is 1.71. The molecule has 0 radical (unpaired) electrons. The van der Waals surface area contributed by atoms with Crippen molar-refractivity contribution in [3.63, 3.8) is 0 Å².